The highest BCUT2D eigenvalue weighted by Gasteiger charge is 2.39. The maximum atomic E-state index is 13.3. The summed E-state index contributed by atoms with van der Waals surface area (Å²) in [6.07, 6.45) is 5.05. The summed E-state index contributed by atoms with van der Waals surface area (Å²) >= 11 is 0. The zero-order valence-electron chi connectivity index (χ0n) is 16.1. The van der Waals surface area contributed by atoms with Crippen molar-refractivity contribution in [1.29, 1.82) is 0 Å². The molecule has 2 unspecified atom stereocenters. The van der Waals surface area contributed by atoms with Gasteiger partial charge >= 0.3 is 5.69 Å². The predicted molar refractivity (Wildman–Crippen MR) is 109 cm³/mol. The molecule has 8 heteroatoms. The molecule has 0 amide bonds. The summed E-state index contributed by atoms with van der Waals surface area (Å²) in [4.78, 5) is 27.0. The molecule has 1 aliphatic heterocycles. The van der Waals surface area contributed by atoms with Gasteiger partial charge in [-0.15, -0.1) is 0 Å². The number of aromatic nitrogens is 2. The van der Waals surface area contributed by atoms with E-state index in [4.69, 9.17) is 0 Å². The lowest BCUT2D eigenvalue weighted by molar-refractivity contribution is 0.473. The van der Waals surface area contributed by atoms with Crippen LogP contribution >= 0.6 is 0 Å². The third-order valence-electron chi connectivity index (χ3n) is 6.24. The molecule has 2 saturated carbocycles. The van der Waals surface area contributed by atoms with Crippen molar-refractivity contribution in [2.24, 2.45) is 5.92 Å². The van der Waals surface area contributed by atoms with Crippen LogP contribution in [0.15, 0.2) is 32.7 Å². The molecule has 1 saturated heterocycles. The fourth-order valence-electron chi connectivity index (χ4n) is 3.98. The lowest BCUT2D eigenvalue weighted by Gasteiger charge is -2.18. The number of nitrogens with zero attached hydrogens (tertiary/aromatic N) is 2. The summed E-state index contributed by atoms with van der Waals surface area (Å²) in [5.74, 6) is 0.513. The number of hydrogen-bond acceptors (Lipinski definition) is 4. The minimum atomic E-state index is -1.37. The molecule has 1 aromatic heterocycles. The van der Waals surface area contributed by atoms with Crippen molar-refractivity contribution >= 4 is 21.9 Å². The van der Waals surface area contributed by atoms with E-state index in [1.165, 1.54) is 4.57 Å². The van der Waals surface area contributed by atoms with Crippen LogP contribution in [0.1, 0.15) is 45.1 Å². The zero-order chi connectivity index (χ0) is 19.5. The van der Waals surface area contributed by atoms with Gasteiger partial charge in [-0.1, -0.05) is 0 Å². The van der Waals surface area contributed by atoms with E-state index in [9.17, 15) is 13.8 Å². The van der Waals surface area contributed by atoms with Gasteiger partial charge in [0, 0.05) is 18.6 Å². The van der Waals surface area contributed by atoms with Gasteiger partial charge in [0.25, 0.3) is 5.56 Å². The van der Waals surface area contributed by atoms with Gasteiger partial charge in [0.2, 0.25) is 0 Å². The first-order chi connectivity index (χ1) is 13.5. The van der Waals surface area contributed by atoms with E-state index in [0.717, 1.165) is 38.6 Å². The minimum Gasteiger partial charge on any atom is -0.315 e. The summed E-state index contributed by atoms with van der Waals surface area (Å²) in [5, 5.41) is 3.73. The van der Waals surface area contributed by atoms with Crippen LogP contribution in [0, 0.1) is 5.92 Å². The van der Waals surface area contributed by atoms with Crippen LogP contribution < -0.4 is 21.3 Å². The van der Waals surface area contributed by atoms with Crippen LogP contribution in [-0.2, 0) is 17.5 Å². The molecular formula is C20H26N4O3S. The lowest BCUT2D eigenvalue weighted by atomic mass is 10.2. The largest absolute Gasteiger partial charge is 0.331 e. The Kier molecular flexibility index (Phi) is 4.33. The number of benzene rings is 1. The fraction of sp³-hybridized carbons (Fsp3) is 0.600. The van der Waals surface area contributed by atoms with Crippen LogP contribution in [0.2, 0.25) is 0 Å². The van der Waals surface area contributed by atoms with Gasteiger partial charge in [-0.25, -0.2) is 13.7 Å². The van der Waals surface area contributed by atoms with E-state index in [1.54, 1.807) is 22.8 Å². The summed E-state index contributed by atoms with van der Waals surface area (Å²) in [6.45, 7) is 4.15. The van der Waals surface area contributed by atoms with Crippen LogP contribution in [0.3, 0.4) is 0 Å². The van der Waals surface area contributed by atoms with Crippen LogP contribution in [0.4, 0.5) is 0 Å². The molecule has 1 aromatic carbocycles. The highest BCUT2D eigenvalue weighted by Crippen LogP contribution is 2.35. The minimum absolute atomic E-state index is 0.0691. The van der Waals surface area contributed by atoms with Crippen molar-refractivity contribution in [3.05, 3.63) is 39.0 Å². The number of rotatable bonds is 6. The second-order valence-electron chi connectivity index (χ2n) is 8.77. The van der Waals surface area contributed by atoms with E-state index >= 15 is 0 Å². The molecule has 2 heterocycles. The Hall–Kier alpha value is -1.77. The number of nitrogens with one attached hydrogen (secondary N) is 2. The monoisotopic (exact) mass is 402 g/mol. The van der Waals surface area contributed by atoms with Crippen LogP contribution in [-0.4, -0.2) is 32.0 Å². The molecule has 150 valence electrons. The quantitative estimate of drug-likeness (QED) is 0.762. The van der Waals surface area contributed by atoms with E-state index in [1.807, 2.05) is 0 Å². The van der Waals surface area contributed by atoms with Crippen molar-refractivity contribution in [3.63, 3.8) is 0 Å². The van der Waals surface area contributed by atoms with E-state index < -0.39 is 11.0 Å². The predicted octanol–water partition coefficient (Wildman–Crippen LogP) is 1.27. The highest BCUT2D eigenvalue weighted by atomic mass is 32.2. The second kappa shape index (κ2) is 6.64. The molecule has 3 aliphatic rings. The zero-order valence-corrected chi connectivity index (χ0v) is 16.9. The average Bonchev–Trinajstić information content (AvgIpc) is 3.58. The molecular weight excluding hydrogens is 376 g/mol. The van der Waals surface area contributed by atoms with Gasteiger partial charge in [0.05, 0.1) is 21.8 Å². The molecule has 2 atom stereocenters. The third-order valence-corrected chi connectivity index (χ3v) is 7.60. The SMILES string of the molecule is CC1(NS(=O)c2ccc3c(c2)c(=O)n(C2CCNC2)c(=O)n3CC2CC2)CC1. The molecule has 2 aromatic rings. The van der Waals surface area contributed by atoms with Crippen LogP contribution in [0.25, 0.3) is 10.9 Å². The second-order valence-corrected chi connectivity index (χ2v) is 9.98. The van der Waals surface area contributed by atoms with Gasteiger partial charge in [-0.2, -0.15) is 0 Å². The topological polar surface area (TPSA) is 85.1 Å². The Morgan fingerprint density at radius 1 is 1.25 bits per heavy atom. The van der Waals surface area contributed by atoms with Gasteiger partial charge in [-0.3, -0.25) is 13.9 Å². The smallest absolute Gasteiger partial charge is 0.315 e. The summed E-state index contributed by atoms with van der Waals surface area (Å²) in [7, 11) is -1.37. The summed E-state index contributed by atoms with van der Waals surface area (Å²) in [6, 6.07) is 5.17. The van der Waals surface area contributed by atoms with Gasteiger partial charge < -0.3 is 5.32 Å². The first kappa shape index (κ1) is 18.3. The molecule has 0 radical (unpaired) electrons. The highest BCUT2D eigenvalue weighted by molar-refractivity contribution is 7.83. The summed E-state index contributed by atoms with van der Waals surface area (Å²) < 4.78 is 19.1. The van der Waals surface area contributed by atoms with Crippen molar-refractivity contribution in [2.75, 3.05) is 13.1 Å². The van der Waals surface area contributed by atoms with Gasteiger partial charge in [-0.05, 0) is 69.7 Å². The van der Waals surface area contributed by atoms with E-state index in [2.05, 4.69) is 17.0 Å². The maximum absolute atomic E-state index is 13.3. The number of hydrogen-bond donors (Lipinski definition) is 2. The Labute approximate surface area is 165 Å². The van der Waals surface area contributed by atoms with Crippen molar-refractivity contribution in [3.8, 4) is 0 Å². The Bertz CT molecular complexity index is 1080. The maximum Gasteiger partial charge on any atom is 0.331 e. The van der Waals surface area contributed by atoms with Gasteiger partial charge in [0.15, 0.2) is 0 Å². The molecule has 5 rings (SSSR count). The standard InChI is InChI=1S/C20H26N4O3S/c1-20(7-8-20)22-28(27)15-4-5-17-16(10-15)18(25)24(14-6-9-21-11-14)19(26)23(17)12-13-2-3-13/h4-5,10,13-14,21-22H,2-3,6-9,11-12H2,1H3. The van der Waals surface area contributed by atoms with E-state index in [0.29, 0.717) is 34.8 Å². The van der Waals surface area contributed by atoms with Crippen molar-refractivity contribution in [1.82, 2.24) is 19.2 Å². The molecule has 7 nitrogen and oxygen atoms in total. The lowest BCUT2D eigenvalue weighted by Crippen LogP contribution is -2.43. The number of fused-ring (bicyclic) bond motifs is 1. The first-order valence-corrected chi connectivity index (χ1v) is 11.3. The van der Waals surface area contributed by atoms with Crippen molar-refractivity contribution in [2.45, 2.75) is 62.0 Å². The molecule has 0 spiro atoms. The van der Waals surface area contributed by atoms with Crippen molar-refractivity contribution < 1.29 is 4.21 Å². The normalized spacial score (nSPS) is 24.5. The van der Waals surface area contributed by atoms with E-state index in [-0.39, 0.29) is 22.8 Å². The fourth-order valence-corrected chi connectivity index (χ4v) is 5.16. The molecule has 2 aliphatic carbocycles. The van der Waals surface area contributed by atoms with Gasteiger partial charge in [0.1, 0.15) is 11.0 Å². The molecule has 2 N–H and O–H groups in total. The Morgan fingerprint density at radius 3 is 2.68 bits per heavy atom. The molecule has 28 heavy (non-hydrogen) atoms. The average molecular weight is 403 g/mol. The Morgan fingerprint density at radius 2 is 2.04 bits per heavy atom. The third kappa shape index (κ3) is 3.27. The molecule has 3 fully saturated rings. The van der Waals surface area contributed by atoms with Crippen LogP contribution in [0.5, 0.6) is 0 Å². The Balaban J connectivity index is 1.65. The summed E-state index contributed by atoms with van der Waals surface area (Å²) in [5.41, 5.74) is 0.107. The molecule has 0 bridgehead atoms. The first-order valence-electron chi connectivity index (χ1n) is 10.1.